The van der Waals surface area contributed by atoms with Crippen LogP contribution in [0, 0.1) is 5.41 Å². The van der Waals surface area contributed by atoms with Gasteiger partial charge in [-0.3, -0.25) is 4.79 Å². The van der Waals surface area contributed by atoms with Crippen LogP contribution in [0.3, 0.4) is 0 Å². The van der Waals surface area contributed by atoms with Crippen LogP contribution in [0.25, 0.3) is 10.1 Å². The number of thiophene rings is 1. The molecule has 0 atom stereocenters. The SMILES string of the molecule is CN(C(=O)C1(CO)CC1)c1csc2ccccc12. The number of rotatable bonds is 3. The number of hydrogen-bond donors (Lipinski definition) is 1. The Morgan fingerprint density at radius 2 is 2.17 bits per heavy atom. The molecule has 1 aromatic heterocycles. The van der Waals surface area contributed by atoms with Gasteiger partial charge in [0.15, 0.2) is 0 Å². The van der Waals surface area contributed by atoms with Gasteiger partial charge in [-0.05, 0) is 18.9 Å². The maximum atomic E-state index is 12.4. The van der Waals surface area contributed by atoms with Gasteiger partial charge in [-0.2, -0.15) is 0 Å². The van der Waals surface area contributed by atoms with Gasteiger partial charge in [0.25, 0.3) is 0 Å². The van der Waals surface area contributed by atoms with Gasteiger partial charge in [0.05, 0.1) is 17.7 Å². The lowest BCUT2D eigenvalue weighted by Crippen LogP contribution is -2.35. The molecular formula is C14H15NO2S. The Kier molecular flexibility index (Phi) is 2.64. The minimum Gasteiger partial charge on any atom is -0.395 e. The average Bonchev–Trinajstić information content (AvgIpc) is 3.10. The highest BCUT2D eigenvalue weighted by Gasteiger charge is 2.51. The van der Waals surface area contributed by atoms with E-state index in [1.165, 1.54) is 4.70 Å². The molecule has 1 fully saturated rings. The second-order valence-electron chi connectivity index (χ2n) is 4.92. The normalized spacial score (nSPS) is 16.8. The molecule has 2 aromatic rings. The van der Waals surface area contributed by atoms with Crippen LogP contribution in [0.5, 0.6) is 0 Å². The van der Waals surface area contributed by atoms with Crippen molar-refractivity contribution in [2.45, 2.75) is 12.8 Å². The molecule has 0 spiro atoms. The van der Waals surface area contributed by atoms with Crippen LogP contribution in [0.2, 0.25) is 0 Å². The van der Waals surface area contributed by atoms with Crippen molar-refractivity contribution >= 4 is 33.0 Å². The van der Waals surface area contributed by atoms with E-state index in [1.54, 1.807) is 23.3 Å². The van der Waals surface area contributed by atoms with Gasteiger partial charge in [-0.15, -0.1) is 11.3 Å². The average molecular weight is 261 g/mol. The van der Waals surface area contributed by atoms with Crippen LogP contribution in [0.15, 0.2) is 29.6 Å². The highest BCUT2D eigenvalue weighted by molar-refractivity contribution is 7.17. The van der Waals surface area contributed by atoms with Crippen molar-refractivity contribution in [1.29, 1.82) is 0 Å². The van der Waals surface area contributed by atoms with Crippen LogP contribution >= 0.6 is 11.3 Å². The molecule has 0 unspecified atom stereocenters. The minimum absolute atomic E-state index is 0.0357. The Bertz CT molecular complexity index is 601. The smallest absolute Gasteiger partial charge is 0.235 e. The lowest BCUT2D eigenvalue weighted by atomic mass is 10.1. The van der Waals surface area contributed by atoms with Gasteiger partial charge < -0.3 is 10.0 Å². The number of anilines is 1. The summed E-state index contributed by atoms with van der Waals surface area (Å²) >= 11 is 1.64. The topological polar surface area (TPSA) is 40.5 Å². The molecule has 1 N–H and O–H groups in total. The van der Waals surface area contributed by atoms with Gasteiger partial charge in [0.1, 0.15) is 0 Å². The Balaban J connectivity index is 1.97. The van der Waals surface area contributed by atoms with Crippen LogP contribution < -0.4 is 4.90 Å². The summed E-state index contributed by atoms with van der Waals surface area (Å²) in [5.41, 5.74) is 0.443. The second-order valence-corrected chi connectivity index (χ2v) is 5.83. The predicted molar refractivity (Wildman–Crippen MR) is 74.0 cm³/mol. The van der Waals surface area contributed by atoms with Crippen molar-refractivity contribution in [3.8, 4) is 0 Å². The summed E-state index contributed by atoms with van der Waals surface area (Å²) in [6, 6.07) is 8.07. The third-order valence-electron chi connectivity index (χ3n) is 3.74. The van der Waals surface area contributed by atoms with E-state index in [9.17, 15) is 9.90 Å². The maximum Gasteiger partial charge on any atom is 0.235 e. The molecule has 94 valence electrons. The molecule has 0 radical (unpaired) electrons. The number of carbonyl (C=O) groups is 1. The van der Waals surface area contributed by atoms with Crippen molar-refractivity contribution in [3.05, 3.63) is 29.6 Å². The van der Waals surface area contributed by atoms with E-state index in [2.05, 4.69) is 6.07 Å². The Hall–Kier alpha value is -1.39. The van der Waals surface area contributed by atoms with Gasteiger partial charge >= 0.3 is 0 Å². The van der Waals surface area contributed by atoms with Gasteiger partial charge in [-0.25, -0.2) is 0 Å². The van der Waals surface area contributed by atoms with Gasteiger partial charge in [-0.1, -0.05) is 18.2 Å². The van der Waals surface area contributed by atoms with Gasteiger partial charge in [0.2, 0.25) is 5.91 Å². The summed E-state index contributed by atoms with van der Waals surface area (Å²) in [5.74, 6) is 0.0357. The van der Waals surface area contributed by atoms with Crippen LogP contribution in [0.1, 0.15) is 12.8 Å². The lowest BCUT2D eigenvalue weighted by Gasteiger charge is -2.21. The van der Waals surface area contributed by atoms with Crippen LogP contribution in [-0.2, 0) is 4.79 Å². The number of carbonyl (C=O) groups excluding carboxylic acids is 1. The van der Waals surface area contributed by atoms with Crippen LogP contribution in [0.4, 0.5) is 5.69 Å². The summed E-state index contributed by atoms with van der Waals surface area (Å²) in [5, 5.41) is 12.5. The standard InChI is InChI=1S/C14H15NO2S/c1-15(13(17)14(9-16)6-7-14)11-8-18-12-5-3-2-4-10(11)12/h2-5,8,16H,6-7,9H2,1H3. The summed E-state index contributed by atoms with van der Waals surface area (Å²) in [6.45, 7) is -0.0434. The first-order chi connectivity index (χ1) is 8.68. The van der Waals surface area contributed by atoms with E-state index in [4.69, 9.17) is 0 Å². The molecule has 18 heavy (non-hydrogen) atoms. The fourth-order valence-corrected chi connectivity index (χ4v) is 3.26. The molecule has 0 bridgehead atoms. The molecule has 1 amide bonds. The number of benzene rings is 1. The number of fused-ring (bicyclic) bond motifs is 1. The quantitative estimate of drug-likeness (QED) is 0.922. The highest BCUT2D eigenvalue weighted by atomic mass is 32.1. The highest BCUT2D eigenvalue weighted by Crippen LogP contribution is 2.47. The molecule has 1 saturated carbocycles. The second kappa shape index (κ2) is 4.07. The van der Waals surface area contributed by atoms with E-state index in [0.717, 1.165) is 23.9 Å². The molecule has 3 rings (SSSR count). The first-order valence-corrected chi connectivity index (χ1v) is 6.91. The maximum absolute atomic E-state index is 12.4. The number of nitrogens with zero attached hydrogens (tertiary/aromatic N) is 1. The molecule has 1 aliphatic carbocycles. The van der Waals surface area contributed by atoms with E-state index in [-0.39, 0.29) is 12.5 Å². The summed E-state index contributed by atoms with van der Waals surface area (Å²) < 4.78 is 1.18. The lowest BCUT2D eigenvalue weighted by molar-refractivity contribution is -0.124. The van der Waals surface area contributed by atoms with Crippen molar-refractivity contribution in [2.24, 2.45) is 5.41 Å². The molecule has 3 nitrogen and oxygen atoms in total. The molecule has 1 aliphatic rings. The Labute approximate surface area is 110 Å². The number of aliphatic hydroxyl groups is 1. The summed E-state index contributed by atoms with van der Waals surface area (Å²) in [6.07, 6.45) is 1.60. The predicted octanol–water partition coefficient (Wildman–Crippen LogP) is 2.64. The zero-order valence-electron chi connectivity index (χ0n) is 10.2. The fourth-order valence-electron chi connectivity index (χ4n) is 2.28. The van der Waals surface area contributed by atoms with Crippen molar-refractivity contribution in [1.82, 2.24) is 0 Å². The van der Waals surface area contributed by atoms with Gasteiger partial charge in [0, 0.05) is 22.5 Å². The molecule has 4 heteroatoms. The summed E-state index contributed by atoms with van der Waals surface area (Å²) in [7, 11) is 1.80. The molecular weight excluding hydrogens is 246 g/mol. The number of aliphatic hydroxyl groups excluding tert-OH is 1. The fraction of sp³-hybridized carbons (Fsp3) is 0.357. The number of amides is 1. The molecule has 0 aliphatic heterocycles. The zero-order chi connectivity index (χ0) is 12.8. The van der Waals surface area contributed by atoms with Crippen molar-refractivity contribution in [3.63, 3.8) is 0 Å². The van der Waals surface area contributed by atoms with E-state index < -0.39 is 5.41 Å². The molecule has 1 aromatic carbocycles. The van der Waals surface area contributed by atoms with Crippen LogP contribution in [-0.4, -0.2) is 24.7 Å². The van der Waals surface area contributed by atoms with E-state index >= 15 is 0 Å². The first-order valence-electron chi connectivity index (χ1n) is 6.03. The largest absolute Gasteiger partial charge is 0.395 e. The first kappa shape index (κ1) is 11.7. The molecule has 0 saturated heterocycles. The minimum atomic E-state index is -0.502. The zero-order valence-corrected chi connectivity index (χ0v) is 11.0. The monoisotopic (exact) mass is 261 g/mol. The van der Waals surface area contributed by atoms with E-state index in [0.29, 0.717) is 0 Å². The van der Waals surface area contributed by atoms with Crippen molar-refractivity contribution in [2.75, 3.05) is 18.6 Å². The third-order valence-corrected chi connectivity index (χ3v) is 4.69. The Morgan fingerprint density at radius 1 is 1.44 bits per heavy atom. The summed E-state index contributed by atoms with van der Waals surface area (Å²) in [4.78, 5) is 14.1. The third kappa shape index (κ3) is 1.64. The number of hydrogen-bond acceptors (Lipinski definition) is 3. The Morgan fingerprint density at radius 3 is 2.83 bits per heavy atom. The molecule has 1 heterocycles. The van der Waals surface area contributed by atoms with Crippen molar-refractivity contribution < 1.29 is 9.90 Å². The van der Waals surface area contributed by atoms with E-state index in [1.807, 2.05) is 23.6 Å².